The van der Waals surface area contributed by atoms with E-state index >= 15 is 0 Å². The highest BCUT2D eigenvalue weighted by atomic mass is 16.5. The molecule has 2 amide bonds. The molecule has 0 aliphatic carbocycles. The number of aromatic nitrogens is 2. The van der Waals surface area contributed by atoms with Crippen LogP contribution in [0.5, 0.6) is 0 Å². The van der Waals surface area contributed by atoms with E-state index in [4.69, 9.17) is 4.74 Å². The zero-order valence-electron chi connectivity index (χ0n) is 12.8. The summed E-state index contributed by atoms with van der Waals surface area (Å²) in [5.74, 6) is -0.226. The zero-order valence-corrected chi connectivity index (χ0v) is 12.8. The van der Waals surface area contributed by atoms with Crippen LogP contribution < -0.4 is 4.90 Å². The molecule has 2 heterocycles. The topological polar surface area (TPSA) is 67.7 Å². The summed E-state index contributed by atoms with van der Waals surface area (Å²) >= 11 is 0. The molecule has 2 rings (SSSR count). The molecule has 1 saturated heterocycles. The van der Waals surface area contributed by atoms with Gasteiger partial charge in [-0.15, -0.1) is 0 Å². The van der Waals surface area contributed by atoms with Crippen molar-refractivity contribution in [2.45, 2.75) is 25.4 Å². The van der Waals surface area contributed by atoms with Gasteiger partial charge in [-0.3, -0.25) is 14.3 Å². The molecule has 116 valence electrons. The van der Waals surface area contributed by atoms with E-state index in [-0.39, 0.29) is 18.4 Å². The highest BCUT2D eigenvalue weighted by Gasteiger charge is 2.29. The Balaban J connectivity index is 2.02. The van der Waals surface area contributed by atoms with E-state index in [2.05, 4.69) is 5.10 Å². The fraction of sp³-hybridized carbons (Fsp3) is 0.643. The first-order valence-corrected chi connectivity index (χ1v) is 7.09. The monoisotopic (exact) mass is 294 g/mol. The second-order valence-electron chi connectivity index (χ2n) is 5.30. The first-order chi connectivity index (χ1) is 10.0. The number of carbonyl (C=O) groups excluding carboxylic acids is 2. The van der Waals surface area contributed by atoms with Gasteiger partial charge in [0, 0.05) is 33.9 Å². The van der Waals surface area contributed by atoms with Gasteiger partial charge < -0.3 is 14.5 Å². The summed E-state index contributed by atoms with van der Waals surface area (Å²) in [5.41, 5.74) is 0.716. The maximum atomic E-state index is 12.3. The number of nitrogens with zero attached hydrogens (tertiary/aromatic N) is 4. The van der Waals surface area contributed by atoms with E-state index in [0.717, 1.165) is 19.3 Å². The lowest BCUT2D eigenvalue weighted by molar-refractivity contribution is -0.143. The fourth-order valence-electron chi connectivity index (χ4n) is 2.44. The third-order valence-electron chi connectivity index (χ3n) is 3.79. The molecular formula is C14H22N4O3. The molecule has 1 fully saturated rings. The number of rotatable bonds is 4. The second kappa shape index (κ2) is 6.71. The molecule has 1 aliphatic rings. The molecule has 0 aromatic carbocycles. The molecule has 1 unspecified atom stereocenters. The predicted octanol–water partition coefficient (Wildman–Crippen LogP) is 0.410. The van der Waals surface area contributed by atoms with Gasteiger partial charge in [0.1, 0.15) is 12.6 Å². The maximum Gasteiger partial charge on any atom is 0.252 e. The molecule has 7 nitrogen and oxygen atoms in total. The predicted molar refractivity (Wildman–Crippen MR) is 77.8 cm³/mol. The molecule has 0 bridgehead atoms. The van der Waals surface area contributed by atoms with E-state index in [9.17, 15) is 9.59 Å². The van der Waals surface area contributed by atoms with Crippen LogP contribution in [0.3, 0.4) is 0 Å². The van der Waals surface area contributed by atoms with Gasteiger partial charge in [-0.25, -0.2) is 0 Å². The molecule has 1 atom stereocenters. The summed E-state index contributed by atoms with van der Waals surface area (Å²) in [7, 11) is 5.02. The van der Waals surface area contributed by atoms with Gasteiger partial charge in [0.15, 0.2) is 0 Å². The van der Waals surface area contributed by atoms with Crippen molar-refractivity contribution >= 4 is 17.5 Å². The van der Waals surface area contributed by atoms with Crippen LogP contribution >= 0.6 is 0 Å². The number of likely N-dealkylation sites (N-methyl/N-ethyl adjacent to an activating group) is 1. The van der Waals surface area contributed by atoms with Gasteiger partial charge in [0.2, 0.25) is 5.91 Å². The number of aryl methyl sites for hydroxylation is 1. The summed E-state index contributed by atoms with van der Waals surface area (Å²) in [6, 6.07) is 0. The Labute approximate surface area is 124 Å². The SMILES string of the molecule is COC1CCCCN(CC(=O)N(C)c2cnn(C)c2)C1=O. The number of amides is 2. The van der Waals surface area contributed by atoms with Crippen LogP contribution in [0.15, 0.2) is 12.4 Å². The second-order valence-corrected chi connectivity index (χ2v) is 5.30. The van der Waals surface area contributed by atoms with Crippen molar-refractivity contribution in [3.63, 3.8) is 0 Å². The van der Waals surface area contributed by atoms with Crippen molar-refractivity contribution in [2.75, 3.05) is 32.1 Å². The molecule has 0 spiro atoms. The van der Waals surface area contributed by atoms with Gasteiger partial charge in [0.25, 0.3) is 5.91 Å². The largest absolute Gasteiger partial charge is 0.372 e. The Hall–Kier alpha value is -1.89. The van der Waals surface area contributed by atoms with Crippen LogP contribution in [0.4, 0.5) is 5.69 Å². The lowest BCUT2D eigenvalue weighted by Crippen LogP contribution is -2.45. The highest BCUT2D eigenvalue weighted by Crippen LogP contribution is 2.16. The van der Waals surface area contributed by atoms with Gasteiger partial charge in [-0.2, -0.15) is 5.10 Å². The van der Waals surface area contributed by atoms with E-state index < -0.39 is 6.10 Å². The summed E-state index contributed by atoms with van der Waals surface area (Å²) < 4.78 is 6.85. The Kier molecular flexibility index (Phi) is 4.95. The van der Waals surface area contributed by atoms with Crippen molar-refractivity contribution in [2.24, 2.45) is 7.05 Å². The quantitative estimate of drug-likeness (QED) is 0.806. The van der Waals surface area contributed by atoms with Crippen LogP contribution in [0.2, 0.25) is 0 Å². The van der Waals surface area contributed by atoms with Crippen molar-refractivity contribution < 1.29 is 14.3 Å². The number of methoxy groups -OCH3 is 1. The van der Waals surface area contributed by atoms with Crippen molar-refractivity contribution in [1.82, 2.24) is 14.7 Å². The normalized spacial score (nSPS) is 19.5. The fourth-order valence-corrected chi connectivity index (χ4v) is 2.44. The first kappa shape index (κ1) is 15.5. The van der Waals surface area contributed by atoms with E-state index in [1.165, 1.54) is 12.0 Å². The molecule has 1 aromatic heterocycles. The van der Waals surface area contributed by atoms with E-state index in [1.807, 2.05) is 0 Å². The van der Waals surface area contributed by atoms with Gasteiger partial charge in [0.05, 0.1) is 11.9 Å². The molecule has 7 heteroatoms. The van der Waals surface area contributed by atoms with Gasteiger partial charge >= 0.3 is 0 Å². The molecule has 0 radical (unpaired) electrons. The Bertz CT molecular complexity index is 514. The van der Waals surface area contributed by atoms with E-state index in [1.54, 1.807) is 36.1 Å². The lowest BCUT2D eigenvalue weighted by Gasteiger charge is -2.25. The maximum absolute atomic E-state index is 12.3. The molecule has 21 heavy (non-hydrogen) atoms. The summed E-state index contributed by atoms with van der Waals surface area (Å²) in [4.78, 5) is 27.7. The minimum absolute atomic E-state index is 0.0735. The minimum atomic E-state index is -0.427. The van der Waals surface area contributed by atoms with Crippen LogP contribution in [-0.4, -0.2) is 59.8 Å². The van der Waals surface area contributed by atoms with Crippen LogP contribution in [0, 0.1) is 0 Å². The highest BCUT2D eigenvalue weighted by molar-refractivity contribution is 5.96. The van der Waals surface area contributed by atoms with Crippen molar-refractivity contribution in [3.8, 4) is 0 Å². The molecule has 1 aromatic rings. The first-order valence-electron chi connectivity index (χ1n) is 7.09. The van der Waals surface area contributed by atoms with Crippen LogP contribution in [0.25, 0.3) is 0 Å². The minimum Gasteiger partial charge on any atom is -0.372 e. The summed E-state index contributed by atoms with van der Waals surface area (Å²) in [6.45, 7) is 0.676. The third-order valence-corrected chi connectivity index (χ3v) is 3.79. The number of ether oxygens (including phenoxy) is 1. The number of anilines is 1. The third kappa shape index (κ3) is 3.60. The lowest BCUT2D eigenvalue weighted by atomic mass is 10.2. The Morgan fingerprint density at radius 2 is 2.29 bits per heavy atom. The van der Waals surface area contributed by atoms with E-state index in [0.29, 0.717) is 12.2 Å². The Morgan fingerprint density at radius 3 is 2.90 bits per heavy atom. The number of likely N-dealkylation sites (tertiary alicyclic amines) is 1. The van der Waals surface area contributed by atoms with Gasteiger partial charge in [-0.05, 0) is 19.3 Å². The molecule has 0 saturated carbocycles. The molecular weight excluding hydrogens is 272 g/mol. The van der Waals surface area contributed by atoms with Crippen molar-refractivity contribution in [3.05, 3.63) is 12.4 Å². The average molecular weight is 294 g/mol. The molecule has 1 aliphatic heterocycles. The standard InChI is InChI=1S/C14H22N4O3/c1-16-9-11(8-15-16)17(2)13(19)10-18-7-5-4-6-12(21-3)14(18)20/h8-9,12H,4-7,10H2,1-3H3. The molecule has 0 N–H and O–H groups in total. The Morgan fingerprint density at radius 1 is 1.52 bits per heavy atom. The smallest absolute Gasteiger partial charge is 0.252 e. The van der Waals surface area contributed by atoms with Crippen LogP contribution in [0.1, 0.15) is 19.3 Å². The summed E-state index contributed by atoms with van der Waals surface area (Å²) in [5, 5.41) is 4.04. The van der Waals surface area contributed by atoms with Crippen molar-refractivity contribution in [1.29, 1.82) is 0 Å². The van der Waals surface area contributed by atoms with Gasteiger partial charge in [-0.1, -0.05) is 0 Å². The summed E-state index contributed by atoms with van der Waals surface area (Å²) in [6.07, 6.45) is 5.52. The number of carbonyl (C=O) groups is 2. The van der Waals surface area contributed by atoms with Crippen LogP contribution in [-0.2, 0) is 21.4 Å². The zero-order chi connectivity index (χ0) is 15.4. The number of hydrogen-bond donors (Lipinski definition) is 0. The average Bonchev–Trinajstić information content (AvgIpc) is 2.82. The number of hydrogen-bond acceptors (Lipinski definition) is 4.